The van der Waals surface area contributed by atoms with Gasteiger partial charge in [-0.25, -0.2) is 4.98 Å². The van der Waals surface area contributed by atoms with Gasteiger partial charge in [0.15, 0.2) is 5.13 Å². The number of hydrogen-bond acceptors (Lipinski definition) is 4. The van der Waals surface area contributed by atoms with E-state index in [0.29, 0.717) is 17.4 Å². The van der Waals surface area contributed by atoms with Crippen molar-refractivity contribution in [3.8, 4) is 0 Å². The van der Waals surface area contributed by atoms with Crippen LogP contribution < -0.4 is 11.1 Å². The molecule has 0 aliphatic rings. The van der Waals surface area contributed by atoms with Crippen LogP contribution in [-0.4, -0.2) is 15.9 Å². The van der Waals surface area contributed by atoms with Gasteiger partial charge in [0.05, 0.1) is 5.69 Å². The molecule has 0 radical (unpaired) electrons. The van der Waals surface area contributed by atoms with Crippen molar-refractivity contribution in [3.05, 3.63) is 47.1 Å². The Morgan fingerprint density at radius 1 is 1.42 bits per heavy atom. The number of benzene rings is 1. The van der Waals surface area contributed by atoms with Gasteiger partial charge in [-0.15, -0.1) is 11.3 Å². The average molecular weight is 272 g/mol. The van der Waals surface area contributed by atoms with Crippen molar-refractivity contribution in [1.82, 2.24) is 9.97 Å². The Morgan fingerprint density at radius 2 is 2.26 bits per heavy atom. The predicted molar refractivity (Wildman–Crippen MR) is 76.3 cm³/mol. The molecular weight excluding hydrogens is 260 g/mol. The van der Waals surface area contributed by atoms with Crippen LogP contribution in [0.4, 0.5) is 5.13 Å². The zero-order valence-electron chi connectivity index (χ0n) is 10.0. The Balaban J connectivity index is 1.83. The van der Waals surface area contributed by atoms with Crippen molar-refractivity contribution in [3.63, 3.8) is 0 Å². The highest BCUT2D eigenvalue weighted by Crippen LogP contribution is 2.18. The normalized spacial score (nSPS) is 10.8. The molecule has 0 saturated heterocycles. The molecule has 96 valence electrons. The van der Waals surface area contributed by atoms with Gasteiger partial charge >= 0.3 is 0 Å². The monoisotopic (exact) mass is 272 g/mol. The number of nitrogens with zero attached hydrogens (tertiary/aromatic N) is 1. The molecule has 2 heterocycles. The summed E-state index contributed by atoms with van der Waals surface area (Å²) >= 11 is 1.37. The number of anilines is 1. The number of rotatable bonds is 3. The summed E-state index contributed by atoms with van der Waals surface area (Å²) in [7, 11) is 0. The first kappa shape index (κ1) is 11.9. The first-order valence-electron chi connectivity index (χ1n) is 5.80. The van der Waals surface area contributed by atoms with Crippen LogP contribution in [0.25, 0.3) is 10.9 Å². The predicted octanol–water partition coefficient (Wildman–Crippen LogP) is 2.34. The summed E-state index contributed by atoms with van der Waals surface area (Å²) in [5.41, 5.74) is 7.71. The second-order valence-corrected chi connectivity index (χ2v) is 4.93. The van der Waals surface area contributed by atoms with E-state index < -0.39 is 0 Å². The van der Waals surface area contributed by atoms with Crippen LogP contribution in [0, 0.1) is 0 Å². The molecule has 0 fully saturated rings. The molecule has 0 aliphatic carbocycles. The van der Waals surface area contributed by atoms with Gasteiger partial charge in [-0.05, 0) is 12.1 Å². The van der Waals surface area contributed by atoms with Crippen molar-refractivity contribution in [1.29, 1.82) is 0 Å². The van der Waals surface area contributed by atoms with E-state index in [2.05, 4.69) is 15.3 Å². The summed E-state index contributed by atoms with van der Waals surface area (Å²) in [6.45, 7) is 0.374. The number of H-pyrrole nitrogens is 1. The minimum absolute atomic E-state index is 0.200. The lowest BCUT2D eigenvalue weighted by Crippen LogP contribution is -2.12. The third-order valence-corrected chi connectivity index (χ3v) is 3.56. The van der Waals surface area contributed by atoms with Crippen molar-refractivity contribution >= 4 is 33.3 Å². The lowest BCUT2D eigenvalue weighted by molar-refractivity contribution is 0.102. The zero-order valence-corrected chi connectivity index (χ0v) is 10.8. The van der Waals surface area contributed by atoms with Gasteiger partial charge in [0, 0.05) is 22.8 Å². The first-order chi connectivity index (χ1) is 9.26. The summed E-state index contributed by atoms with van der Waals surface area (Å²) < 4.78 is 0. The highest BCUT2D eigenvalue weighted by molar-refractivity contribution is 7.13. The number of nitrogens with one attached hydrogen (secondary N) is 2. The molecule has 0 unspecified atom stereocenters. The molecule has 1 aromatic carbocycles. The number of aromatic nitrogens is 2. The van der Waals surface area contributed by atoms with Gasteiger partial charge in [0.1, 0.15) is 5.69 Å². The number of thiazole rings is 1. The maximum atomic E-state index is 12.1. The number of carbonyl (C=O) groups is 1. The van der Waals surface area contributed by atoms with Crippen molar-refractivity contribution in [2.45, 2.75) is 6.54 Å². The van der Waals surface area contributed by atoms with Gasteiger partial charge in [0.2, 0.25) is 0 Å². The van der Waals surface area contributed by atoms with Gasteiger partial charge in [-0.1, -0.05) is 18.2 Å². The molecule has 4 N–H and O–H groups in total. The summed E-state index contributed by atoms with van der Waals surface area (Å²) in [6.07, 6.45) is 0. The molecule has 0 bridgehead atoms. The van der Waals surface area contributed by atoms with Gasteiger partial charge < -0.3 is 10.7 Å². The SMILES string of the molecule is NCc1csc(NC(=O)c2cc3ccccc3[nH]2)n1. The Labute approximate surface area is 113 Å². The minimum atomic E-state index is -0.200. The maximum Gasteiger partial charge on any atom is 0.273 e. The second kappa shape index (κ2) is 4.83. The summed E-state index contributed by atoms with van der Waals surface area (Å²) in [5.74, 6) is -0.200. The molecule has 6 heteroatoms. The van der Waals surface area contributed by atoms with Crippen LogP contribution in [0.15, 0.2) is 35.7 Å². The third kappa shape index (κ3) is 2.35. The number of amides is 1. The van der Waals surface area contributed by atoms with Crippen molar-refractivity contribution in [2.75, 3.05) is 5.32 Å². The second-order valence-electron chi connectivity index (χ2n) is 4.07. The summed E-state index contributed by atoms with van der Waals surface area (Å²) in [5, 5.41) is 6.16. The van der Waals surface area contributed by atoms with E-state index in [1.165, 1.54) is 11.3 Å². The Bertz CT molecular complexity index is 698. The highest BCUT2D eigenvalue weighted by atomic mass is 32.1. The van der Waals surface area contributed by atoms with E-state index in [4.69, 9.17) is 5.73 Å². The fourth-order valence-electron chi connectivity index (χ4n) is 1.82. The van der Waals surface area contributed by atoms with E-state index in [1.54, 1.807) is 0 Å². The average Bonchev–Trinajstić information content (AvgIpc) is 3.04. The molecule has 19 heavy (non-hydrogen) atoms. The van der Waals surface area contributed by atoms with E-state index in [9.17, 15) is 4.79 Å². The molecule has 1 amide bonds. The van der Waals surface area contributed by atoms with Gasteiger partial charge in [-0.2, -0.15) is 0 Å². The van der Waals surface area contributed by atoms with Crippen molar-refractivity contribution in [2.24, 2.45) is 5.73 Å². The van der Waals surface area contributed by atoms with E-state index in [-0.39, 0.29) is 5.91 Å². The van der Waals surface area contributed by atoms with Crippen LogP contribution in [0.1, 0.15) is 16.2 Å². The van der Waals surface area contributed by atoms with Crippen LogP contribution in [0.5, 0.6) is 0 Å². The quantitative estimate of drug-likeness (QED) is 0.684. The molecule has 0 spiro atoms. The Kier molecular flexibility index (Phi) is 3.02. The molecule has 2 aromatic heterocycles. The summed E-state index contributed by atoms with van der Waals surface area (Å²) in [4.78, 5) is 19.3. The van der Waals surface area contributed by atoms with E-state index >= 15 is 0 Å². The van der Waals surface area contributed by atoms with Gasteiger partial charge in [-0.3, -0.25) is 10.1 Å². The lowest BCUT2D eigenvalue weighted by Gasteiger charge is -1.98. The first-order valence-corrected chi connectivity index (χ1v) is 6.68. The van der Waals surface area contributed by atoms with Crippen LogP contribution in [0.2, 0.25) is 0 Å². The number of hydrogen-bond donors (Lipinski definition) is 3. The minimum Gasteiger partial charge on any atom is -0.351 e. The standard InChI is InChI=1S/C13H12N4OS/c14-6-9-7-19-13(15-9)17-12(18)11-5-8-3-1-2-4-10(8)16-11/h1-5,7,16H,6,14H2,(H,15,17,18). The smallest absolute Gasteiger partial charge is 0.273 e. The maximum absolute atomic E-state index is 12.1. The lowest BCUT2D eigenvalue weighted by atomic mass is 10.2. The summed E-state index contributed by atoms with van der Waals surface area (Å²) in [6, 6.07) is 9.57. The van der Waals surface area contributed by atoms with Crippen molar-refractivity contribution < 1.29 is 4.79 Å². The number of para-hydroxylation sites is 1. The largest absolute Gasteiger partial charge is 0.351 e. The molecule has 0 atom stereocenters. The number of fused-ring (bicyclic) bond motifs is 1. The molecule has 3 rings (SSSR count). The number of nitrogens with two attached hydrogens (primary N) is 1. The molecule has 0 aliphatic heterocycles. The topological polar surface area (TPSA) is 83.8 Å². The van der Waals surface area contributed by atoms with Crippen LogP contribution in [0.3, 0.4) is 0 Å². The van der Waals surface area contributed by atoms with Crippen LogP contribution >= 0.6 is 11.3 Å². The molecular formula is C13H12N4OS. The zero-order chi connectivity index (χ0) is 13.2. The van der Waals surface area contributed by atoms with E-state index in [1.807, 2.05) is 35.7 Å². The highest BCUT2D eigenvalue weighted by Gasteiger charge is 2.11. The molecule has 3 aromatic rings. The van der Waals surface area contributed by atoms with E-state index in [0.717, 1.165) is 16.6 Å². The van der Waals surface area contributed by atoms with Gasteiger partial charge in [0.25, 0.3) is 5.91 Å². The third-order valence-electron chi connectivity index (χ3n) is 2.76. The Hall–Kier alpha value is -2.18. The Morgan fingerprint density at radius 3 is 3.00 bits per heavy atom. The van der Waals surface area contributed by atoms with Crippen LogP contribution in [-0.2, 0) is 6.54 Å². The number of carbonyl (C=O) groups excluding carboxylic acids is 1. The molecule has 5 nitrogen and oxygen atoms in total. The molecule has 0 saturated carbocycles. The fourth-order valence-corrected chi connectivity index (χ4v) is 2.54. The fraction of sp³-hybridized carbons (Fsp3) is 0.0769. The number of aromatic amines is 1.